The van der Waals surface area contributed by atoms with Crippen LogP contribution in [0.4, 0.5) is 0 Å². The maximum Gasteiger partial charge on any atom is 0.326 e. The Hall–Kier alpha value is -0.610. The van der Waals surface area contributed by atoms with Crippen molar-refractivity contribution in [2.45, 2.75) is 57.4 Å². The van der Waals surface area contributed by atoms with Crippen molar-refractivity contribution in [3.8, 4) is 0 Å². The van der Waals surface area contributed by atoms with Crippen molar-refractivity contribution in [2.75, 3.05) is 33.8 Å². The number of likely N-dealkylation sites (N-methyl/N-ethyl adjacent to an activating group) is 1. The summed E-state index contributed by atoms with van der Waals surface area (Å²) in [4.78, 5) is 14.8. The van der Waals surface area contributed by atoms with Gasteiger partial charge in [-0.05, 0) is 64.1 Å². The van der Waals surface area contributed by atoms with Crippen LogP contribution in [-0.4, -0.2) is 50.2 Å². The number of nitrogens with zero attached hydrogens (tertiary/aromatic N) is 1. The molecule has 0 spiro atoms. The molecule has 1 saturated heterocycles. The van der Waals surface area contributed by atoms with E-state index >= 15 is 0 Å². The third kappa shape index (κ3) is 3.59. The van der Waals surface area contributed by atoms with Crippen LogP contribution in [0.3, 0.4) is 0 Å². The molecule has 0 aromatic heterocycles. The molecular formula is C17H32N2O2. The van der Waals surface area contributed by atoms with Crippen LogP contribution >= 0.6 is 0 Å². The summed E-state index contributed by atoms with van der Waals surface area (Å²) in [6.07, 6.45) is 8.29. The van der Waals surface area contributed by atoms with Crippen LogP contribution in [0.5, 0.6) is 0 Å². The first-order valence-corrected chi connectivity index (χ1v) is 8.66. The van der Waals surface area contributed by atoms with Crippen LogP contribution in [-0.2, 0) is 9.53 Å². The number of methoxy groups -OCH3 is 1. The maximum absolute atomic E-state index is 12.2. The Kier molecular flexibility index (Phi) is 6.06. The van der Waals surface area contributed by atoms with E-state index in [1.807, 2.05) is 7.05 Å². The lowest BCUT2D eigenvalue weighted by Crippen LogP contribution is -2.54. The van der Waals surface area contributed by atoms with Gasteiger partial charge in [0.15, 0.2) is 0 Å². The number of likely N-dealkylation sites (tertiary alicyclic amines) is 1. The highest BCUT2D eigenvalue weighted by atomic mass is 16.5. The highest BCUT2D eigenvalue weighted by molar-refractivity contribution is 5.81. The fraction of sp³-hybridized carbons (Fsp3) is 0.941. The van der Waals surface area contributed by atoms with E-state index in [1.165, 1.54) is 39.5 Å². The quantitative estimate of drug-likeness (QED) is 0.764. The van der Waals surface area contributed by atoms with E-state index in [1.54, 1.807) is 0 Å². The molecule has 4 nitrogen and oxygen atoms in total. The van der Waals surface area contributed by atoms with Gasteiger partial charge in [-0.2, -0.15) is 0 Å². The smallest absolute Gasteiger partial charge is 0.326 e. The van der Waals surface area contributed by atoms with Gasteiger partial charge >= 0.3 is 5.97 Å². The number of esters is 1. The minimum atomic E-state index is -0.436. The topological polar surface area (TPSA) is 41.6 Å². The second kappa shape index (κ2) is 7.59. The third-order valence-corrected chi connectivity index (χ3v) is 5.79. The Morgan fingerprint density at radius 2 is 2.19 bits per heavy atom. The van der Waals surface area contributed by atoms with Crippen molar-refractivity contribution in [1.82, 2.24) is 10.2 Å². The van der Waals surface area contributed by atoms with Crippen molar-refractivity contribution in [1.29, 1.82) is 0 Å². The number of rotatable bonds is 6. The second-order valence-corrected chi connectivity index (χ2v) is 6.81. The molecule has 122 valence electrons. The van der Waals surface area contributed by atoms with Crippen LogP contribution in [0.1, 0.15) is 51.9 Å². The molecule has 3 atom stereocenters. The van der Waals surface area contributed by atoms with Crippen molar-refractivity contribution < 1.29 is 9.53 Å². The molecule has 4 heteroatoms. The molecule has 2 aliphatic rings. The van der Waals surface area contributed by atoms with Gasteiger partial charge in [0.05, 0.1) is 7.11 Å². The van der Waals surface area contributed by atoms with Gasteiger partial charge in [-0.1, -0.05) is 19.8 Å². The van der Waals surface area contributed by atoms with Crippen LogP contribution in [0.15, 0.2) is 0 Å². The first kappa shape index (κ1) is 16.8. The van der Waals surface area contributed by atoms with Gasteiger partial charge in [0, 0.05) is 6.54 Å². The molecule has 1 N–H and O–H groups in total. The average Bonchev–Trinajstić information content (AvgIpc) is 2.96. The van der Waals surface area contributed by atoms with Gasteiger partial charge in [-0.15, -0.1) is 0 Å². The van der Waals surface area contributed by atoms with Gasteiger partial charge in [0.1, 0.15) is 5.54 Å². The molecule has 1 heterocycles. The predicted molar refractivity (Wildman–Crippen MR) is 85.2 cm³/mol. The number of hydrogen-bond acceptors (Lipinski definition) is 4. The van der Waals surface area contributed by atoms with Crippen LogP contribution in [0, 0.1) is 11.8 Å². The van der Waals surface area contributed by atoms with Crippen molar-refractivity contribution in [2.24, 2.45) is 11.8 Å². The molecule has 2 rings (SSSR count). The van der Waals surface area contributed by atoms with Gasteiger partial charge < -0.3 is 15.0 Å². The van der Waals surface area contributed by atoms with Crippen LogP contribution in [0.25, 0.3) is 0 Å². The lowest BCUT2D eigenvalue weighted by atomic mass is 9.84. The molecule has 21 heavy (non-hydrogen) atoms. The number of hydrogen-bond donors (Lipinski definition) is 1. The molecule has 1 aliphatic carbocycles. The van der Waals surface area contributed by atoms with E-state index in [0.717, 1.165) is 38.1 Å². The Balaban J connectivity index is 1.90. The Morgan fingerprint density at radius 3 is 2.86 bits per heavy atom. The number of piperidine rings is 1. The van der Waals surface area contributed by atoms with E-state index in [0.29, 0.717) is 5.92 Å². The highest BCUT2D eigenvalue weighted by Gasteiger charge is 2.48. The highest BCUT2D eigenvalue weighted by Crippen LogP contribution is 2.39. The largest absolute Gasteiger partial charge is 0.468 e. The fourth-order valence-electron chi connectivity index (χ4n) is 4.38. The zero-order valence-electron chi connectivity index (χ0n) is 14.0. The Morgan fingerprint density at radius 1 is 1.38 bits per heavy atom. The second-order valence-electron chi connectivity index (χ2n) is 6.81. The minimum absolute atomic E-state index is 0.0717. The molecule has 0 aromatic rings. The molecule has 3 unspecified atom stereocenters. The Bertz CT molecular complexity index is 348. The Labute approximate surface area is 129 Å². The summed E-state index contributed by atoms with van der Waals surface area (Å²) in [7, 11) is 3.41. The molecule has 0 aromatic carbocycles. The zero-order valence-corrected chi connectivity index (χ0v) is 14.0. The molecule has 1 saturated carbocycles. The number of carbonyl (C=O) groups excluding carboxylic acids is 1. The molecule has 0 bridgehead atoms. The summed E-state index contributed by atoms with van der Waals surface area (Å²) < 4.78 is 5.07. The van der Waals surface area contributed by atoms with Gasteiger partial charge in [-0.3, -0.25) is 4.79 Å². The number of nitrogens with one attached hydrogen (secondary N) is 1. The summed E-state index contributed by atoms with van der Waals surface area (Å²) in [5.74, 6) is 1.21. The fourth-order valence-corrected chi connectivity index (χ4v) is 4.38. The minimum Gasteiger partial charge on any atom is -0.468 e. The SMILES string of the molecule is CCC1CCCN(CCC2CCCC2(NC)C(=O)OC)C1. The molecule has 1 aliphatic heterocycles. The summed E-state index contributed by atoms with van der Waals surface area (Å²) in [5.41, 5.74) is -0.436. The van der Waals surface area contributed by atoms with E-state index in [2.05, 4.69) is 17.1 Å². The van der Waals surface area contributed by atoms with Crippen LogP contribution in [0.2, 0.25) is 0 Å². The first-order valence-electron chi connectivity index (χ1n) is 8.66. The zero-order chi connectivity index (χ0) is 15.3. The third-order valence-electron chi connectivity index (χ3n) is 5.79. The summed E-state index contributed by atoms with van der Waals surface area (Å²) >= 11 is 0. The number of ether oxygens (including phenoxy) is 1. The van der Waals surface area contributed by atoms with Gasteiger partial charge in [-0.25, -0.2) is 0 Å². The summed E-state index contributed by atoms with van der Waals surface area (Å²) in [6.45, 7) is 5.90. The van der Waals surface area contributed by atoms with Crippen molar-refractivity contribution in [3.05, 3.63) is 0 Å². The molecule has 0 amide bonds. The monoisotopic (exact) mass is 296 g/mol. The van der Waals surface area contributed by atoms with Gasteiger partial charge in [0.25, 0.3) is 0 Å². The maximum atomic E-state index is 12.2. The predicted octanol–water partition coefficient (Wildman–Crippen LogP) is 2.43. The standard InChI is InChI=1S/C17H32N2O2/c1-4-14-7-6-11-19(13-14)12-9-15-8-5-10-17(15,18-2)16(20)21-3/h14-15,18H,4-13H2,1-3H3. The average molecular weight is 296 g/mol. The van der Waals surface area contributed by atoms with Crippen LogP contribution < -0.4 is 5.32 Å². The normalized spacial score (nSPS) is 34.0. The first-order chi connectivity index (χ1) is 10.2. The molecule has 0 radical (unpaired) electrons. The van der Waals surface area contributed by atoms with E-state index in [4.69, 9.17) is 4.74 Å². The number of carbonyl (C=O) groups is 1. The van der Waals surface area contributed by atoms with Crippen molar-refractivity contribution >= 4 is 5.97 Å². The van der Waals surface area contributed by atoms with Crippen molar-refractivity contribution in [3.63, 3.8) is 0 Å². The summed E-state index contributed by atoms with van der Waals surface area (Å²) in [6, 6.07) is 0. The van der Waals surface area contributed by atoms with E-state index < -0.39 is 5.54 Å². The van der Waals surface area contributed by atoms with E-state index in [-0.39, 0.29) is 5.97 Å². The lowest BCUT2D eigenvalue weighted by Gasteiger charge is -2.36. The van der Waals surface area contributed by atoms with Gasteiger partial charge in [0.2, 0.25) is 0 Å². The molecule has 2 fully saturated rings. The lowest BCUT2D eigenvalue weighted by molar-refractivity contribution is -0.150. The summed E-state index contributed by atoms with van der Waals surface area (Å²) in [5, 5.41) is 3.29. The van der Waals surface area contributed by atoms with E-state index in [9.17, 15) is 4.79 Å². The molecular weight excluding hydrogens is 264 g/mol.